The van der Waals surface area contributed by atoms with Crippen LogP contribution in [0.4, 0.5) is 5.69 Å². The summed E-state index contributed by atoms with van der Waals surface area (Å²) in [5.41, 5.74) is 6.40. The molecule has 19 heavy (non-hydrogen) atoms. The number of fused-ring (bicyclic) bond motifs is 1. The first-order chi connectivity index (χ1) is 9.22. The molecule has 2 aromatic rings. The first-order valence-corrected chi connectivity index (χ1v) is 7.08. The van der Waals surface area contributed by atoms with Gasteiger partial charge in [-0.3, -0.25) is 0 Å². The summed E-state index contributed by atoms with van der Waals surface area (Å²) < 4.78 is 11.4. The lowest BCUT2D eigenvalue weighted by Gasteiger charge is -2.03. The van der Waals surface area contributed by atoms with Gasteiger partial charge in [0.25, 0.3) is 0 Å². The summed E-state index contributed by atoms with van der Waals surface area (Å²) in [6.07, 6.45) is 2.46. The molecule has 4 nitrogen and oxygen atoms in total. The second kappa shape index (κ2) is 5.19. The number of rotatable bonds is 5. The zero-order chi connectivity index (χ0) is 13.2. The number of anilines is 1. The number of hydrogen-bond donors (Lipinski definition) is 1. The summed E-state index contributed by atoms with van der Waals surface area (Å²) in [5.74, 6) is 0.335. The molecule has 0 amide bonds. The average molecular weight is 277 g/mol. The van der Waals surface area contributed by atoms with Gasteiger partial charge in [0.2, 0.25) is 0 Å². The molecule has 0 unspecified atom stereocenters. The summed E-state index contributed by atoms with van der Waals surface area (Å²) in [6, 6.07) is 7.40. The number of carbonyl (C=O) groups excluding carboxylic acids is 1. The number of esters is 1. The Bertz CT molecular complexity index is 604. The van der Waals surface area contributed by atoms with Crippen molar-refractivity contribution >= 4 is 33.1 Å². The van der Waals surface area contributed by atoms with E-state index < -0.39 is 0 Å². The van der Waals surface area contributed by atoms with E-state index in [0.717, 1.165) is 10.1 Å². The number of nitrogens with two attached hydrogens (primary N) is 1. The Balaban J connectivity index is 1.60. The largest absolute Gasteiger partial charge is 0.434 e. The van der Waals surface area contributed by atoms with Gasteiger partial charge in [-0.05, 0) is 48.4 Å². The van der Waals surface area contributed by atoms with Crippen LogP contribution in [-0.4, -0.2) is 19.4 Å². The van der Waals surface area contributed by atoms with Gasteiger partial charge >= 0.3 is 5.97 Å². The number of carbonyl (C=O) groups is 1. The number of nitrogen functional groups attached to an aromatic ring is 1. The van der Waals surface area contributed by atoms with Crippen LogP contribution in [0.2, 0.25) is 0 Å². The molecule has 1 aliphatic rings. The van der Waals surface area contributed by atoms with Gasteiger partial charge in [-0.25, -0.2) is 4.79 Å². The topological polar surface area (TPSA) is 61.6 Å². The van der Waals surface area contributed by atoms with Gasteiger partial charge in [0.15, 0.2) is 6.79 Å². The molecule has 1 fully saturated rings. The van der Waals surface area contributed by atoms with Crippen LogP contribution >= 0.6 is 11.3 Å². The number of ether oxygens (including phenoxy) is 2. The second-order valence-electron chi connectivity index (χ2n) is 4.77. The van der Waals surface area contributed by atoms with Crippen molar-refractivity contribution in [2.45, 2.75) is 12.8 Å². The highest BCUT2D eigenvalue weighted by atomic mass is 32.1. The maximum absolute atomic E-state index is 11.8. The zero-order valence-corrected chi connectivity index (χ0v) is 11.2. The molecule has 0 atom stereocenters. The summed E-state index contributed by atoms with van der Waals surface area (Å²) in [5, 5.41) is 0.968. The lowest BCUT2D eigenvalue weighted by Crippen LogP contribution is -2.08. The molecule has 0 bridgehead atoms. The number of thiophene rings is 1. The van der Waals surface area contributed by atoms with Crippen molar-refractivity contribution in [1.29, 1.82) is 0 Å². The molecule has 1 aromatic carbocycles. The molecule has 3 rings (SSSR count). The van der Waals surface area contributed by atoms with E-state index in [1.54, 1.807) is 6.07 Å². The predicted octanol–water partition coefficient (Wildman–Crippen LogP) is 3.02. The van der Waals surface area contributed by atoms with Crippen LogP contribution in [-0.2, 0) is 9.47 Å². The first-order valence-electron chi connectivity index (χ1n) is 6.26. The minimum Gasteiger partial charge on any atom is -0.434 e. The van der Waals surface area contributed by atoms with Crippen molar-refractivity contribution in [3.05, 3.63) is 29.1 Å². The van der Waals surface area contributed by atoms with Crippen LogP contribution in [0.3, 0.4) is 0 Å². The van der Waals surface area contributed by atoms with E-state index in [0.29, 0.717) is 23.1 Å². The minimum absolute atomic E-state index is 0.0334. The highest BCUT2D eigenvalue weighted by molar-refractivity contribution is 7.20. The van der Waals surface area contributed by atoms with Gasteiger partial charge in [0.1, 0.15) is 4.88 Å². The van der Waals surface area contributed by atoms with E-state index in [4.69, 9.17) is 15.2 Å². The predicted molar refractivity (Wildman–Crippen MR) is 75.2 cm³/mol. The number of benzene rings is 1. The summed E-state index contributed by atoms with van der Waals surface area (Å²) in [7, 11) is 0. The fraction of sp³-hybridized carbons (Fsp3) is 0.357. The van der Waals surface area contributed by atoms with E-state index >= 15 is 0 Å². The lowest BCUT2D eigenvalue weighted by atomic mass is 10.2. The molecular weight excluding hydrogens is 262 g/mol. The Labute approximate surface area is 115 Å². The van der Waals surface area contributed by atoms with Crippen molar-refractivity contribution in [1.82, 2.24) is 0 Å². The normalized spacial score (nSPS) is 14.7. The highest BCUT2D eigenvalue weighted by Crippen LogP contribution is 2.29. The molecule has 0 aliphatic heterocycles. The lowest BCUT2D eigenvalue weighted by molar-refractivity contribution is -0.0341. The van der Waals surface area contributed by atoms with Crippen LogP contribution in [0.1, 0.15) is 22.5 Å². The maximum Gasteiger partial charge on any atom is 0.350 e. The number of hydrogen-bond acceptors (Lipinski definition) is 5. The zero-order valence-electron chi connectivity index (χ0n) is 10.4. The fourth-order valence-corrected chi connectivity index (χ4v) is 2.76. The van der Waals surface area contributed by atoms with Crippen molar-refractivity contribution in [2.75, 3.05) is 19.1 Å². The van der Waals surface area contributed by atoms with Crippen LogP contribution in [0, 0.1) is 5.92 Å². The smallest absolute Gasteiger partial charge is 0.350 e. The molecule has 100 valence electrons. The van der Waals surface area contributed by atoms with E-state index in [2.05, 4.69) is 0 Å². The van der Waals surface area contributed by atoms with Gasteiger partial charge < -0.3 is 15.2 Å². The Kier molecular flexibility index (Phi) is 3.40. The molecule has 1 aliphatic carbocycles. The summed E-state index contributed by atoms with van der Waals surface area (Å²) >= 11 is 1.41. The molecule has 5 heteroatoms. The Morgan fingerprint density at radius 1 is 1.37 bits per heavy atom. The Hall–Kier alpha value is -1.59. The van der Waals surface area contributed by atoms with Crippen LogP contribution < -0.4 is 5.73 Å². The second-order valence-corrected chi connectivity index (χ2v) is 5.86. The molecule has 0 radical (unpaired) electrons. The van der Waals surface area contributed by atoms with Gasteiger partial charge in [-0.2, -0.15) is 0 Å². The quantitative estimate of drug-likeness (QED) is 0.395. The maximum atomic E-state index is 11.8. The van der Waals surface area contributed by atoms with E-state index in [1.807, 2.05) is 18.2 Å². The molecule has 0 saturated heterocycles. The van der Waals surface area contributed by atoms with Gasteiger partial charge in [-0.15, -0.1) is 11.3 Å². The summed E-state index contributed by atoms with van der Waals surface area (Å²) in [4.78, 5) is 12.4. The first kappa shape index (κ1) is 12.4. The SMILES string of the molecule is Nc1ccc2sc(C(=O)OCOCC3CC3)cc2c1. The van der Waals surface area contributed by atoms with Gasteiger partial charge in [0.05, 0.1) is 6.61 Å². The monoisotopic (exact) mass is 277 g/mol. The highest BCUT2D eigenvalue weighted by Gasteiger charge is 2.21. The molecule has 1 saturated carbocycles. The Morgan fingerprint density at radius 2 is 2.21 bits per heavy atom. The van der Waals surface area contributed by atoms with Crippen LogP contribution in [0.25, 0.3) is 10.1 Å². The van der Waals surface area contributed by atoms with Crippen molar-refractivity contribution in [2.24, 2.45) is 5.92 Å². The van der Waals surface area contributed by atoms with E-state index in [1.165, 1.54) is 24.2 Å². The molecule has 2 N–H and O–H groups in total. The Morgan fingerprint density at radius 3 is 3.00 bits per heavy atom. The van der Waals surface area contributed by atoms with Gasteiger partial charge in [0, 0.05) is 10.4 Å². The van der Waals surface area contributed by atoms with Crippen LogP contribution in [0.15, 0.2) is 24.3 Å². The van der Waals surface area contributed by atoms with Crippen molar-refractivity contribution in [3.8, 4) is 0 Å². The van der Waals surface area contributed by atoms with E-state index in [-0.39, 0.29) is 12.8 Å². The standard InChI is InChI=1S/C14H15NO3S/c15-11-3-4-12-10(5-11)6-13(19-12)14(16)18-8-17-7-9-1-2-9/h3-6,9H,1-2,7-8,15H2. The molecule has 1 heterocycles. The third-order valence-corrected chi connectivity index (χ3v) is 4.16. The third-order valence-electron chi connectivity index (χ3n) is 3.07. The van der Waals surface area contributed by atoms with Crippen LogP contribution in [0.5, 0.6) is 0 Å². The minimum atomic E-state index is -0.337. The van der Waals surface area contributed by atoms with Crippen molar-refractivity contribution < 1.29 is 14.3 Å². The van der Waals surface area contributed by atoms with Crippen molar-refractivity contribution in [3.63, 3.8) is 0 Å². The third kappa shape index (κ3) is 3.05. The molecule has 1 aromatic heterocycles. The molecular formula is C14H15NO3S. The van der Waals surface area contributed by atoms with E-state index in [9.17, 15) is 4.79 Å². The van der Waals surface area contributed by atoms with Gasteiger partial charge in [-0.1, -0.05) is 0 Å². The fourth-order valence-electron chi connectivity index (χ4n) is 1.83. The average Bonchev–Trinajstić information content (AvgIpc) is 3.12. The summed E-state index contributed by atoms with van der Waals surface area (Å²) in [6.45, 7) is 0.724. The molecule has 0 spiro atoms.